The van der Waals surface area contributed by atoms with Gasteiger partial charge in [0, 0.05) is 29.8 Å². The van der Waals surface area contributed by atoms with E-state index < -0.39 is 35.5 Å². The Morgan fingerprint density at radius 2 is 1.89 bits per heavy atom. The minimum absolute atomic E-state index is 0.0243. The molecule has 3 aliphatic rings. The number of piperidine rings is 1. The molecule has 2 heterocycles. The summed E-state index contributed by atoms with van der Waals surface area (Å²) >= 11 is 0. The summed E-state index contributed by atoms with van der Waals surface area (Å²) in [6.07, 6.45) is -3.36. The third kappa shape index (κ3) is 4.91. The molecule has 6 nitrogen and oxygen atoms in total. The van der Waals surface area contributed by atoms with Crippen LogP contribution in [0.15, 0.2) is 36.4 Å². The van der Waals surface area contributed by atoms with Crippen molar-refractivity contribution in [3.05, 3.63) is 64.5 Å². The summed E-state index contributed by atoms with van der Waals surface area (Å²) in [5, 5.41) is 6.06. The first-order valence-corrected chi connectivity index (χ1v) is 12.5. The van der Waals surface area contributed by atoms with E-state index in [2.05, 4.69) is 10.6 Å². The molecule has 4 atom stereocenters. The largest absolute Gasteiger partial charge is 0.416 e. The first-order valence-electron chi connectivity index (χ1n) is 12.5. The Bertz CT molecular complexity index is 1210. The van der Waals surface area contributed by atoms with Crippen LogP contribution in [0.3, 0.4) is 0 Å². The number of nitrogens with zero attached hydrogens (tertiary/aromatic N) is 1. The number of hydrogen-bond donors (Lipinski definition) is 2. The lowest BCUT2D eigenvalue weighted by Gasteiger charge is -2.36. The summed E-state index contributed by atoms with van der Waals surface area (Å²) in [5.41, 5.74) is 0.984. The van der Waals surface area contributed by atoms with E-state index in [1.165, 1.54) is 0 Å². The molecule has 1 aliphatic carbocycles. The number of alkyl halides is 3. The van der Waals surface area contributed by atoms with E-state index in [-0.39, 0.29) is 42.6 Å². The maximum Gasteiger partial charge on any atom is 0.416 e. The van der Waals surface area contributed by atoms with Gasteiger partial charge in [-0.1, -0.05) is 17.7 Å². The van der Waals surface area contributed by atoms with Crippen molar-refractivity contribution >= 4 is 17.5 Å². The molecule has 1 saturated carbocycles. The quantitative estimate of drug-likeness (QED) is 0.521. The molecule has 2 aromatic carbocycles. The zero-order valence-corrected chi connectivity index (χ0v) is 20.6. The fourth-order valence-corrected chi connectivity index (χ4v) is 5.40. The first-order chi connectivity index (χ1) is 17.6. The summed E-state index contributed by atoms with van der Waals surface area (Å²) in [5.74, 6) is -1.78. The minimum atomic E-state index is -4.68. The Hall–Kier alpha value is -3.14. The molecule has 3 fully saturated rings. The molecule has 2 N–H and O–H groups in total. The highest BCUT2D eigenvalue weighted by atomic mass is 19.4. The standard InChI is InChI=1S/C27H29F4N3O3/c1-3-32-21-7-4-14(2)8-19(21)26(36)34-22-9-15(22)10-23(34)25(35)33-24(16-12-37-13-16)18-6-5-17(11-20(18)28)27(29,30)31/h4-8,11,15-16,22-24,32H,3,9-10,12-13H2,1-2H3,(H,33,35)/t15-,22-,23-,24?/m1/s1. The molecule has 10 heteroatoms. The predicted molar refractivity (Wildman–Crippen MR) is 128 cm³/mol. The van der Waals surface area contributed by atoms with Crippen molar-refractivity contribution in [2.75, 3.05) is 25.1 Å². The van der Waals surface area contributed by atoms with E-state index in [9.17, 15) is 27.2 Å². The Morgan fingerprint density at radius 3 is 2.51 bits per heavy atom. The van der Waals surface area contributed by atoms with Gasteiger partial charge in [-0.2, -0.15) is 13.2 Å². The van der Waals surface area contributed by atoms with Crippen LogP contribution in [0, 0.1) is 24.6 Å². The third-order valence-electron chi connectivity index (χ3n) is 7.51. The molecule has 198 valence electrons. The second kappa shape index (κ2) is 9.63. The summed E-state index contributed by atoms with van der Waals surface area (Å²) in [7, 11) is 0. The van der Waals surface area contributed by atoms with Gasteiger partial charge >= 0.3 is 6.18 Å². The highest BCUT2D eigenvalue weighted by Crippen LogP contribution is 2.49. The lowest BCUT2D eigenvalue weighted by molar-refractivity contribution is -0.138. The van der Waals surface area contributed by atoms with Gasteiger partial charge in [-0.15, -0.1) is 0 Å². The fraction of sp³-hybridized carbons (Fsp3) is 0.481. The average Bonchev–Trinajstić information content (AvgIpc) is 3.47. The predicted octanol–water partition coefficient (Wildman–Crippen LogP) is 4.69. The van der Waals surface area contributed by atoms with Crippen LogP contribution in [-0.4, -0.2) is 48.6 Å². The number of carbonyl (C=O) groups is 2. The van der Waals surface area contributed by atoms with E-state index in [1.807, 2.05) is 26.0 Å². The topological polar surface area (TPSA) is 70.7 Å². The van der Waals surface area contributed by atoms with Crippen LogP contribution in [0.25, 0.3) is 0 Å². The normalized spacial score (nSPS) is 23.7. The van der Waals surface area contributed by atoms with Gasteiger partial charge in [0.05, 0.1) is 30.4 Å². The fourth-order valence-electron chi connectivity index (χ4n) is 5.40. The van der Waals surface area contributed by atoms with Crippen LogP contribution in [0.2, 0.25) is 0 Å². The molecule has 2 aliphatic heterocycles. The number of halogens is 4. The van der Waals surface area contributed by atoms with Gasteiger partial charge in [-0.3, -0.25) is 9.59 Å². The van der Waals surface area contributed by atoms with Crippen LogP contribution in [0.5, 0.6) is 0 Å². The molecule has 2 aromatic rings. The highest BCUT2D eigenvalue weighted by molar-refractivity contribution is 6.03. The summed E-state index contributed by atoms with van der Waals surface area (Å²) in [6.45, 7) is 4.95. The summed E-state index contributed by atoms with van der Waals surface area (Å²) < 4.78 is 59.3. The number of rotatable bonds is 7. The smallest absolute Gasteiger partial charge is 0.385 e. The zero-order valence-electron chi connectivity index (χ0n) is 20.6. The Kier molecular flexibility index (Phi) is 6.64. The second-order valence-corrected chi connectivity index (χ2v) is 10.1. The molecular formula is C27H29F4N3O3. The van der Waals surface area contributed by atoms with Gasteiger partial charge in [0.25, 0.3) is 5.91 Å². The number of benzene rings is 2. The lowest BCUT2D eigenvalue weighted by Crippen LogP contribution is -2.51. The number of nitrogens with one attached hydrogen (secondary N) is 2. The Labute approximate surface area is 212 Å². The van der Waals surface area contributed by atoms with Crippen LogP contribution in [-0.2, 0) is 15.7 Å². The number of amides is 2. The van der Waals surface area contributed by atoms with Crippen molar-refractivity contribution in [2.45, 2.75) is 51.0 Å². The van der Waals surface area contributed by atoms with Crippen LogP contribution in [0.4, 0.5) is 23.2 Å². The van der Waals surface area contributed by atoms with Crippen molar-refractivity contribution in [2.24, 2.45) is 11.8 Å². The SMILES string of the molecule is CCNc1ccc(C)cc1C(=O)N1[C@@H](C(=O)NC(c2ccc(C(F)(F)F)cc2F)C2COC2)C[C@H]2C[C@H]21. The van der Waals surface area contributed by atoms with Crippen molar-refractivity contribution < 1.29 is 31.9 Å². The van der Waals surface area contributed by atoms with E-state index in [0.717, 1.165) is 24.1 Å². The monoisotopic (exact) mass is 519 g/mol. The molecular weight excluding hydrogens is 490 g/mol. The number of carbonyl (C=O) groups excluding carboxylic acids is 2. The molecule has 1 unspecified atom stereocenters. The molecule has 5 rings (SSSR count). The number of anilines is 1. The first kappa shape index (κ1) is 25.5. The van der Waals surface area contributed by atoms with Gasteiger partial charge in [0.2, 0.25) is 5.91 Å². The van der Waals surface area contributed by atoms with Crippen LogP contribution < -0.4 is 10.6 Å². The average molecular weight is 520 g/mol. The van der Waals surface area contributed by atoms with Crippen molar-refractivity contribution in [3.63, 3.8) is 0 Å². The third-order valence-corrected chi connectivity index (χ3v) is 7.51. The number of hydrogen-bond acceptors (Lipinski definition) is 4. The number of likely N-dealkylation sites (tertiary alicyclic amines) is 1. The second-order valence-electron chi connectivity index (χ2n) is 10.1. The van der Waals surface area contributed by atoms with Gasteiger partial charge < -0.3 is 20.3 Å². The van der Waals surface area contributed by atoms with Crippen molar-refractivity contribution in [1.29, 1.82) is 0 Å². The zero-order chi connectivity index (χ0) is 26.5. The Morgan fingerprint density at radius 1 is 1.14 bits per heavy atom. The molecule has 2 saturated heterocycles. The van der Waals surface area contributed by atoms with E-state index >= 15 is 0 Å². The number of ether oxygens (including phenoxy) is 1. The maximum absolute atomic E-state index is 14.9. The molecule has 2 amide bonds. The number of fused-ring (bicyclic) bond motifs is 1. The van der Waals surface area contributed by atoms with Crippen molar-refractivity contribution in [3.8, 4) is 0 Å². The van der Waals surface area contributed by atoms with Gasteiger partial charge in [0.1, 0.15) is 11.9 Å². The van der Waals surface area contributed by atoms with Gasteiger partial charge in [-0.05, 0) is 56.9 Å². The van der Waals surface area contributed by atoms with Crippen LogP contribution in [0.1, 0.15) is 52.9 Å². The lowest BCUT2D eigenvalue weighted by atomic mass is 9.90. The van der Waals surface area contributed by atoms with Crippen LogP contribution >= 0.6 is 0 Å². The minimum Gasteiger partial charge on any atom is -0.385 e. The summed E-state index contributed by atoms with van der Waals surface area (Å²) in [4.78, 5) is 28.9. The Balaban J connectivity index is 1.40. The molecule has 0 spiro atoms. The van der Waals surface area contributed by atoms with E-state index in [4.69, 9.17) is 4.74 Å². The van der Waals surface area contributed by atoms with E-state index in [1.54, 1.807) is 11.0 Å². The summed E-state index contributed by atoms with van der Waals surface area (Å²) in [6, 6.07) is 6.26. The molecule has 0 bridgehead atoms. The molecule has 37 heavy (non-hydrogen) atoms. The molecule has 0 aromatic heterocycles. The van der Waals surface area contributed by atoms with E-state index in [0.29, 0.717) is 30.3 Å². The van der Waals surface area contributed by atoms with Gasteiger partial charge in [-0.25, -0.2) is 4.39 Å². The number of aryl methyl sites for hydroxylation is 1. The maximum atomic E-state index is 14.9. The van der Waals surface area contributed by atoms with Gasteiger partial charge in [0.15, 0.2) is 0 Å². The highest BCUT2D eigenvalue weighted by Gasteiger charge is 2.56. The van der Waals surface area contributed by atoms with Crippen molar-refractivity contribution in [1.82, 2.24) is 10.2 Å². The molecule has 0 radical (unpaired) electrons.